The second kappa shape index (κ2) is 6.14. The lowest BCUT2D eigenvalue weighted by Gasteiger charge is -2.17. The number of anilines is 2. The largest absolute Gasteiger partial charge is 0.352 e. The number of carbonyl (C=O) groups is 1. The predicted molar refractivity (Wildman–Crippen MR) is 80.0 cm³/mol. The van der Waals surface area contributed by atoms with E-state index in [2.05, 4.69) is 15.3 Å². The van der Waals surface area contributed by atoms with E-state index in [0.29, 0.717) is 11.6 Å². The van der Waals surface area contributed by atoms with E-state index in [0.717, 1.165) is 5.69 Å². The van der Waals surface area contributed by atoms with Gasteiger partial charge in [-0.25, -0.2) is 9.97 Å². The first-order valence-electron chi connectivity index (χ1n) is 6.50. The van der Waals surface area contributed by atoms with Gasteiger partial charge in [0.15, 0.2) is 0 Å². The van der Waals surface area contributed by atoms with Gasteiger partial charge in [0.2, 0.25) is 5.95 Å². The van der Waals surface area contributed by atoms with Crippen LogP contribution in [0.3, 0.4) is 0 Å². The summed E-state index contributed by atoms with van der Waals surface area (Å²) in [6, 6.07) is 11.3. The third kappa shape index (κ3) is 3.32. The molecule has 1 heterocycles. The fourth-order valence-corrected chi connectivity index (χ4v) is 1.75. The van der Waals surface area contributed by atoms with Gasteiger partial charge in [-0.15, -0.1) is 0 Å². The Balaban J connectivity index is 2.21. The fraction of sp³-hybridized carbons (Fsp3) is 0.267. The summed E-state index contributed by atoms with van der Waals surface area (Å²) in [6.45, 7) is 3.99. The first-order valence-corrected chi connectivity index (χ1v) is 6.50. The fourth-order valence-electron chi connectivity index (χ4n) is 1.75. The lowest BCUT2D eigenvalue weighted by atomic mass is 10.2. The molecule has 2 aromatic rings. The second-order valence-corrected chi connectivity index (χ2v) is 4.76. The molecule has 2 rings (SSSR count). The highest BCUT2D eigenvalue weighted by molar-refractivity contribution is 6.04. The minimum absolute atomic E-state index is 0.162. The smallest absolute Gasteiger partial charge is 0.276 e. The molecule has 1 N–H and O–H groups in total. The summed E-state index contributed by atoms with van der Waals surface area (Å²) >= 11 is 0. The van der Waals surface area contributed by atoms with Crippen LogP contribution in [0.15, 0.2) is 42.6 Å². The number of nitrogens with zero attached hydrogens (tertiary/aromatic N) is 3. The van der Waals surface area contributed by atoms with Crippen LogP contribution in [0.5, 0.6) is 0 Å². The first-order chi connectivity index (χ1) is 9.58. The van der Waals surface area contributed by atoms with E-state index in [-0.39, 0.29) is 11.9 Å². The van der Waals surface area contributed by atoms with Crippen LogP contribution in [0, 0.1) is 0 Å². The summed E-state index contributed by atoms with van der Waals surface area (Å²) in [5.74, 6) is 0.303. The average molecular weight is 270 g/mol. The van der Waals surface area contributed by atoms with Crippen molar-refractivity contribution in [1.82, 2.24) is 9.97 Å². The summed E-state index contributed by atoms with van der Waals surface area (Å²) < 4.78 is 0. The molecule has 0 radical (unpaired) electrons. The van der Waals surface area contributed by atoms with Crippen molar-refractivity contribution in [2.75, 3.05) is 17.3 Å². The number of hydrogen-bond acceptors (Lipinski definition) is 4. The van der Waals surface area contributed by atoms with Crippen molar-refractivity contribution in [1.29, 1.82) is 0 Å². The Morgan fingerprint density at radius 3 is 2.55 bits per heavy atom. The molecule has 1 aromatic carbocycles. The van der Waals surface area contributed by atoms with Crippen LogP contribution in [-0.2, 0) is 0 Å². The zero-order chi connectivity index (χ0) is 14.5. The molecule has 1 aromatic heterocycles. The Labute approximate surface area is 118 Å². The zero-order valence-electron chi connectivity index (χ0n) is 11.9. The molecule has 5 heteroatoms. The molecular weight excluding hydrogens is 252 g/mol. The maximum Gasteiger partial charge on any atom is 0.276 e. The highest BCUT2D eigenvalue weighted by Gasteiger charge is 2.15. The van der Waals surface area contributed by atoms with Gasteiger partial charge in [-0.05, 0) is 32.0 Å². The van der Waals surface area contributed by atoms with Crippen LogP contribution < -0.4 is 10.2 Å². The molecule has 0 spiro atoms. The van der Waals surface area contributed by atoms with Crippen molar-refractivity contribution < 1.29 is 4.79 Å². The third-order valence-electron chi connectivity index (χ3n) is 2.74. The van der Waals surface area contributed by atoms with Gasteiger partial charge < -0.3 is 10.2 Å². The number of amides is 1. The number of benzene rings is 1. The van der Waals surface area contributed by atoms with E-state index in [9.17, 15) is 4.79 Å². The van der Waals surface area contributed by atoms with E-state index in [1.165, 1.54) is 0 Å². The molecular formula is C15H18N4O. The van der Waals surface area contributed by atoms with Crippen LogP contribution in [0.25, 0.3) is 0 Å². The summed E-state index contributed by atoms with van der Waals surface area (Å²) in [7, 11) is 1.73. The molecule has 0 unspecified atom stereocenters. The summed E-state index contributed by atoms with van der Waals surface area (Å²) in [6.07, 6.45) is 1.59. The molecule has 104 valence electrons. The SMILES string of the molecule is CC(C)Nc1nccc(C(=O)N(C)c2ccccc2)n1. The summed E-state index contributed by atoms with van der Waals surface area (Å²) in [5.41, 5.74) is 1.20. The highest BCUT2D eigenvalue weighted by atomic mass is 16.2. The molecule has 0 aliphatic rings. The van der Waals surface area contributed by atoms with Crippen molar-refractivity contribution >= 4 is 17.5 Å². The lowest BCUT2D eigenvalue weighted by Crippen LogP contribution is -2.27. The number of hydrogen-bond donors (Lipinski definition) is 1. The molecule has 0 fully saturated rings. The van der Waals surface area contributed by atoms with E-state index >= 15 is 0 Å². The minimum atomic E-state index is -0.162. The second-order valence-electron chi connectivity index (χ2n) is 4.76. The molecule has 0 saturated carbocycles. The average Bonchev–Trinajstić information content (AvgIpc) is 2.46. The highest BCUT2D eigenvalue weighted by Crippen LogP contribution is 2.14. The summed E-state index contributed by atoms with van der Waals surface area (Å²) in [5, 5.41) is 3.09. The Kier molecular flexibility index (Phi) is 4.30. The lowest BCUT2D eigenvalue weighted by molar-refractivity contribution is 0.0988. The monoisotopic (exact) mass is 270 g/mol. The van der Waals surface area contributed by atoms with Gasteiger partial charge in [0.05, 0.1) is 0 Å². The molecule has 1 amide bonds. The van der Waals surface area contributed by atoms with Gasteiger partial charge in [-0.2, -0.15) is 0 Å². The molecule has 0 aliphatic carbocycles. The van der Waals surface area contributed by atoms with E-state index < -0.39 is 0 Å². The van der Waals surface area contributed by atoms with Crippen molar-refractivity contribution in [2.24, 2.45) is 0 Å². The van der Waals surface area contributed by atoms with E-state index in [1.54, 1.807) is 24.2 Å². The van der Waals surface area contributed by atoms with E-state index in [4.69, 9.17) is 0 Å². The van der Waals surface area contributed by atoms with Crippen LogP contribution in [0.1, 0.15) is 24.3 Å². The Bertz CT molecular complexity index is 583. The maximum atomic E-state index is 12.4. The number of carbonyl (C=O) groups excluding carboxylic acids is 1. The van der Waals surface area contributed by atoms with Gasteiger partial charge in [-0.3, -0.25) is 4.79 Å². The molecule has 0 atom stereocenters. The van der Waals surface area contributed by atoms with E-state index in [1.807, 2.05) is 44.2 Å². The standard InChI is InChI=1S/C15H18N4O/c1-11(2)17-15-16-10-9-13(18-15)14(20)19(3)12-7-5-4-6-8-12/h4-11H,1-3H3,(H,16,17,18). The Hall–Kier alpha value is -2.43. The van der Waals surface area contributed by atoms with Crippen molar-refractivity contribution in [3.8, 4) is 0 Å². The van der Waals surface area contributed by atoms with Gasteiger partial charge in [0, 0.05) is 25.0 Å². The first kappa shape index (κ1) is 14.0. The van der Waals surface area contributed by atoms with Gasteiger partial charge in [0.25, 0.3) is 5.91 Å². The number of para-hydroxylation sites is 1. The van der Waals surface area contributed by atoms with Crippen molar-refractivity contribution in [3.63, 3.8) is 0 Å². The number of nitrogens with one attached hydrogen (secondary N) is 1. The maximum absolute atomic E-state index is 12.4. The minimum Gasteiger partial charge on any atom is -0.352 e. The van der Waals surface area contributed by atoms with Gasteiger partial charge in [-0.1, -0.05) is 18.2 Å². The Morgan fingerprint density at radius 1 is 1.20 bits per heavy atom. The van der Waals surface area contributed by atoms with Gasteiger partial charge >= 0.3 is 0 Å². The van der Waals surface area contributed by atoms with Gasteiger partial charge in [0.1, 0.15) is 5.69 Å². The zero-order valence-corrected chi connectivity index (χ0v) is 11.9. The van der Waals surface area contributed by atoms with Crippen LogP contribution in [-0.4, -0.2) is 29.0 Å². The Morgan fingerprint density at radius 2 is 1.90 bits per heavy atom. The molecule has 0 aliphatic heterocycles. The number of rotatable bonds is 4. The topological polar surface area (TPSA) is 58.1 Å². The normalized spacial score (nSPS) is 10.4. The van der Waals surface area contributed by atoms with Crippen LogP contribution in [0.4, 0.5) is 11.6 Å². The van der Waals surface area contributed by atoms with Crippen molar-refractivity contribution in [2.45, 2.75) is 19.9 Å². The number of aromatic nitrogens is 2. The molecule has 0 bridgehead atoms. The summed E-state index contributed by atoms with van der Waals surface area (Å²) in [4.78, 5) is 22.3. The molecule has 5 nitrogen and oxygen atoms in total. The quantitative estimate of drug-likeness (QED) is 0.927. The third-order valence-corrected chi connectivity index (χ3v) is 2.74. The van der Waals surface area contributed by atoms with Crippen LogP contribution in [0.2, 0.25) is 0 Å². The molecule has 0 saturated heterocycles. The van der Waals surface area contributed by atoms with Crippen molar-refractivity contribution in [3.05, 3.63) is 48.3 Å². The molecule has 20 heavy (non-hydrogen) atoms. The predicted octanol–water partition coefficient (Wildman–Crippen LogP) is 2.57. The van der Waals surface area contributed by atoms with Crippen LogP contribution >= 0.6 is 0 Å².